The van der Waals surface area contributed by atoms with Crippen LogP contribution in [-0.4, -0.2) is 34.1 Å². The first kappa shape index (κ1) is 39.1. The lowest BCUT2D eigenvalue weighted by Gasteiger charge is -2.17. The minimum Gasteiger partial charge on any atom is -0.309 e. The van der Waals surface area contributed by atoms with E-state index in [4.69, 9.17) is 24.9 Å². The Hall–Kier alpha value is -9.33. The third-order valence-electron chi connectivity index (χ3n) is 12.8. The monoisotopic (exact) mass is 869 g/mol. The molecule has 0 aliphatic heterocycles. The third-order valence-corrected chi connectivity index (χ3v) is 12.8. The molecule has 4 heterocycles. The second-order valence-corrected chi connectivity index (χ2v) is 16.9. The number of hydrogen-bond donors (Lipinski definition) is 0. The Morgan fingerprint density at radius 2 is 0.662 bits per heavy atom. The molecule has 318 valence electrons. The third kappa shape index (κ3) is 6.72. The van der Waals surface area contributed by atoms with Crippen molar-refractivity contribution in [1.29, 1.82) is 0 Å². The van der Waals surface area contributed by atoms with Crippen LogP contribution in [0.1, 0.15) is 0 Å². The normalized spacial score (nSPS) is 11.5. The minimum atomic E-state index is 0.559. The molecule has 4 aromatic heterocycles. The molecule has 7 heteroatoms. The van der Waals surface area contributed by atoms with Gasteiger partial charge >= 0.3 is 0 Å². The van der Waals surface area contributed by atoms with Gasteiger partial charge in [0.1, 0.15) is 0 Å². The quantitative estimate of drug-likeness (QED) is 0.152. The van der Waals surface area contributed by atoms with Crippen LogP contribution in [0.2, 0.25) is 0 Å². The van der Waals surface area contributed by atoms with E-state index in [0.717, 1.165) is 77.9 Å². The first-order chi connectivity index (χ1) is 33.7. The number of rotatable bonds is 8. The van der Waals surface area contributed by atoms with Crippen molar-refractivity contribution in [2.45, 2.75) is 0 Å². The highest BCUT2D eigenvalue weighted by Crippen LogP contribution is 2.41. The molecule has 0 saturated carbocycles. The lowest BCUT2D eigenvalue weighted by Crippen LogP contribution is -2.03. The molecule has 13 aromatic rings. The van der Waals surface area contributed by atoms with Crippen LogP contribution in [0.25, 0.3) is 123 Å². The molecular formula is C61H39N7. The predicted molar refractivity (Wildman–Crippen MR) is 277 cm³/mol. The molecule has 0 amide bonds. The number of nitrogens with zero attached hydrogens (tertiary/aromatic N) is 7. The van der Waals surface area contributed by atoms with Gasteiger partial charge in [0.15, 0.2) is 23.3 Å². The number of fused-ring (bicyclic) bond motifs is 6. The summed E-state index contributed by atoms with van der Waals surface area (Å²) in [4.78, 5) is 26.0. The Kier molecular flexibility index (Phi) is 9.35. The van der Waals surface area contributed by atoms with Gasteiger partial charge in [-0.15, -0.1) is 0 Å². The van der Waals surface area contributed by atoms with Crippen LogP contribution in [0.5, 0.6) is 0 Å². The fraction of sp³-hybridized carbons (Fsp3) is 0. The number of aromatic nitrogens is 7. The van der Waals surface area contributed by atoms with Gasteiger partial charge in [-0.1, -0.05) is 176 Å². The first-order valence-electron chi connectivity index (χ1n) is 22.8. The molecule has 0 aliphatic carbocycles. The predicted octanol–water partition coefficient (Wildman–Crippen LogP) is 14.9. The maximum Gasteiger partial charge on any atom is 0.164 e. The Labute approximate surface area is 392 Å². The van der Waals surface area contributed by atoms with Gasteiger partial charge < -0.3 is 9.13 Å². The van der Waals surface area contributed by atoms with Gasteiger partial charge in [-0.2, -0.15) is 0 Å². The molecule has 0 bridgehead atoms. The topological polar surface area (TPSA) is 74.3 Å². The Morgan fingerprint density at radius 3 is 1.21 bits per heavy atom. The van der Waals surface area contributed by atoms with E-state index < -0.39 is 0 Å². The summed E-state index contributed by atoms with van der Waals surface area (Å²) < 4.78 is 4.76. The first-order valence-corrected chi connectivity index (χ1v) is 22.8. The van der Waals surface area contributed by atoms with Crippen molar-refractivity contribution in [3.8, 4) is 79.4 Å². The van der Waals surface area contributed by atoms with Crippen molar-refractivity contribution >= 4 is 43.6 Å². The average molecular weight is 870 g/mol. The largest absolute Gasteiger partial charge is 0.309 e. The molecule has 0 aliphatic rings. The van der Waals surface area contributed by atoms with Crippen LogP contribution in [0.15, 0.2) is 237 Å². The summed E-state index contributed by atoms with van der Waals surface area (Å²) in [5.74, 6) is 2.39. The van der Waals surface area contributed by atoms with Crippen molar-refractivity contribution in [1.82, 2.24) is 34.1 Å². The van der Waals surface area contributed by atoms with Gasteiger partial charge in [-0.05, 0) is 60.7 Å². The number of para-hydroxylation sites is 3. The van der Waals surface area contributed by atoms with Crippen molar-refractivity contribution in [3.63, 3.8) is 0 Å². The van der Waals surface area contributed by atoms with Gasteiger partial charge in [0.25, 0.3) is 0 Å². The summed E-state index contributed by atoms with van der Waals surface area (Å²) in [6.45, 7) is 0. The highest BCUT2D eigenvalue weighted by Gasteiger charge is 2.22. The Morgan fingerprint density at radius 1 is 0.250 bits per heavy atom. The summed E-state index contributed by atoms with van der Waals surface area (Å²) in [6, 6.07) is 82.2. The van der Waals surface area contributed by atoms with E-state index in [1.807, 2.05) is 97.1 Å². The molecule has 0 saturated heterocycles. The van der Waals surface area contributed by atoms with Crippen LogP contribution >= 0.6 is 0 Å². The molecule has 7 nitrogen and oxygen atoms in total. The molecule has 68 heavy (non-hydrogen) atoms. The molecule has 13 rings (SSSR count). The molecule has 0 spiro atoms. The molecule has 9 aromatic carbocycles. The van der Waals surface area contributed by atoms with Crippen molar-refractivity contribution in [3.05, 3.63) is 237 Å². The fourth-order valence-corrected chi connectivity index (χ4v) is 9.63. The standard InChI is InChI=1S/C61H39N7/c1-5-19-40(20-6-1)51-39-52(63-58(62-51)41-21-7-2-8-22-41)50-37-44(61-65-59(42-23-9-3-10-24-42)64-60(66-61)43-25-11-4-12-26-43)33-35-57(50)68-55-32-18-15-29-48(55)49-38-45(34-36-56(49)68)67-53-30-16-13-27-46(53)47-28-14-17-31-54(47)67/h1-39H. The molecule has 0 unspecified atom stereocenters. The molecule has 0 radical (unpaired) electrons. The fourth-order valence-electron chi connectivity index (χ4n) is 9.63. The Balaban J connectivity index is 1.08. The second kappa shape index (κ2) is 16.3. The summed E-state index contributed by atoms with van der Waals surface area (Å²) in [6.07, 6.45) is 0. The van der Waals surface area contributed by atoms with Gasteiger partial charge in [0, 0.05) is 60.6 Å². The summed E-state index contributed by atoms with van der Waals surface area (Å²) >= 11 is 0. The SMILES string of the molecule is c1ccc(-c2cc(-c3cc(-c4nc(-c5ccccc5)nc(-c5ccccc5)n4)ccc3-n3c4ccccc4c4cc(-n5c6ccccc6c6ccccc65)ccc43)nc(-c3ccccc3)n2)cc1. The lowest BCUT2D eigenvalue weighted by atomic mass is 10.0. The van der Waals surface area contributed by atoms with Crippen LogP contribution in [0.4, 0.5) is 0 Å². The van der Waals surface area contributed by atoms with E-state index in [1.54, 1.807) is 0 Å². The highest BCUT2D eigenvalue weighted by molar-refractivity contribution is 6.12. The number of benzene rings is 9. The van der Waals surface area contributed by atoms with Gasteiger partial charge in [0.05, 0.1) is 39.1 Å². The molecule has 0 N–H and O–H groups in total. The van der Waals surface area contributed by atoms with E-state index in [9.17, 15) is 0 Å². The van der Waals surface area contributed by atoms with E-state index in [0.29, 0.717) is 23.3 Å². The smallest absolute Gasteiger partial charge is 0.164 e. The van der Waals surface area contributed by atoms with Crippen molar-refractivity contribution < 1.29 is 0 Å². The summed E-state index contributed by atoms with van der Waals surface area (Å²) in [5.41, 5.74) is 13.6. The summed E-state index contributed by atoms with van der Waals surface area (Å²) in [5, 5.41) is 4.75. The van der Waals surface area contributed by atoms with Gasteiger partial charge in [-0.25, -0.2) is 24.9 Å². The van der Waals surface area contributed by atoms with Crippen molar-refractivity contribution in [2.75, 3.05) is 0 Å². The van der Waals surface area contributed by atoms with Crippen LogP contribution in [-0.2, 0) is 0 Å². The zero-order valence-corrected chi connectivity index (χ0v) is 36.6. The van der Waals surface area contributed by atoms with Gasteiger partial charge in [-0.3, -0.25) is 0 Å². The maximum atomic E-state index is 5.42. The number of hydrogen-bond acceptors (Lipinski definition) is 5. The van der Waals surface area contributed by atoms with Gasteiger partial charge in [0.2, 0.25) is 0 Å². The average Bonchev–Trinajstić information content (AvgIpc) is 3.94. The second-order valence-electron chi connectivity index (χ2n) is 16.9. The zero-order chi connectivity index (χ0) is 45.0. The van der Waals surface area contributed by atoms with E-state index in [2.05, 4.69) is 149 Å². The minimum absolute atomic E-state index is 0.559. The van der Waals surface area contributed by atoms with Crippen LogP contribution in [0.3, 0.4) is 0 Å². The van der Waals surface area contributed by atoms with Crippen molar-refractivity contribution in [2.24, 2.45) is 0 Å². The maximum absolute atomic E-state index is 5.42. The Bertz CT molecular complexity index is 3840. The van der Waals surface area contributed by atoms with E-state index in [-0.39, 0.29) is 0 Å². The lowest BCUT2D eigenvalue weighted by molar-refractivity contribution is 1.07. The van der Waals surface area contributed by atoms with E-state index >= 15 is 0 Å². The van der Waals surface area contributed by atoms with Crippen LogP contribution < -0.4 is 0 Å². The van der Waals surface area contributed by atoms with Crippen LogP contribution in [0, 0.1) is 0 Å². The van der Waals surface area contributed by atoms with E-state index in [1.165, 1.54) is 21.8 Å². The molecular weight excluding hydrogens is 831 g/mol. The highest BCUT2D eigenvalue weighted by atomic mass is 15.0. The summed E-state index contributed by atoms with van der Waals surface area (Å²) in [7, 11) is 0. The molecule has 0 atom stereocenters. The zero-order valence-electron chi connectivity index (χ0n) is 36.6. The molecule has 0 fully saturated rings.